The number of nitrogens with one attached hydrogen (secondary N) is 1. The van der Waals surface area contributed by atoms with Crippen LogP contribution in [-0.2, 0) is 6.42 Å². The lowest BCUT2D eigenvalue weighted by molar-refractivity contribution is 0.138. The number of hydrogen-bond donors (Lipinski definition) is 1. The zero-order valence-electron chi connectivity index (χ0n) is 11.9. The van der Waals surface area contributed by atoms with Crippen molar-refractivity contribution in [2.45, 2.75) is 31.9 Å². The third-order valence-corrected chi connectivity index (χ3v) is 5.28. The van der Waals surface area contributed by atoms with Gasteiger partial charge in [-0.1, -0.05) is 12.1 Å². The summed E-state index contributed by atoms with van der Waals surface area (Å²) >= 11 is 5.31. The van der Waals surface area contributed by atoms with E-state index in [1.54, 1.807) is 11.3 Å². The molecule has 0 saturated heterocycles. The van der Waals surface area contributed by atoms with E-state index >= 15 is 0 Å². The molecule has 1 unspecified atom stereocenters. The quantitative estimate of drug-likeness (QED) is 0.876. The fraction of sp³-hybridized carbons (Fsp3) is 0.375. The molecule has 0 aliphatic carbocycles. The molecule has 1 aliphatic heterocycles. The molecule has 0 spiro atoms. The maximum absolute atomic E-state index is 5.95. The third kappa shape index (κ3) is 2.65. The molecule has 4 heteroatoms. The third-order valence-electron chi connectivity index (χ3n) is 3.59. The highest BCUT2D eigenvalue weighted by molar-refractivity contribution is 9.11. The van der Waals surface area contributed by atoms with Crippen LogP contribution in [0.15, 0.2) is 34.1 Å². The normalized spacial score (nSPS) is 17.6. The highest BCUT2D eigenvalue weighted by atomic mass is 79.9. The van der Waals surface area contributed by atoms with E-state index in [4.69, 9.17) is 4.74 Å². The molecule has 106 valence electrons. The Hall–Kier alpha value is -0.840. The van der Waals surface area contributed by atoms with Crippen LogP contribution in [0.25, 0.3) is 0 Å². The molecule has 0 fully saturated rings. The summed E-state index contributed by atoms with van der Waals surface area (Å²) in [4.78, 5) is 1.32. The fourth-order valence-corrected chi connectivity index (χ4v) is 4.33. The Bertz CT molecular complexity index is 635. The largest absolute Gasteiger partial charge is 0.487 e. The summed E-state index contributed by atoms with van der Waals surface area (Å²) in [6.45, 7) is 4.28. The summed E-state index contributed by atoms with van der Waals surface area (Å²) in [5, 5.41) is 3.41. The number of halogens is 1. The van der Waals surface area contributed by atoms with Gasteiger partial charge in [-0.3, -0.25) is 0 Å². The van der Waals surface area contributed by atoms with Gasteiger partial charge in [0, 0.05) is 11.3 Å². The van der Waals surface area contributed by atoms with Crippen LogP contribution in [0, 0.1) is 0 Å². The van der Waals surface area contributed by atoms with Crippen LogP contribution in [0.3, 0.4) is 0 Å². The number of hydrogen-bond acceptors (Lipinski definition) is 3. The lowest BCUT2D eigenvalue weighted by atomic mass is 9.97. The number of rotatable bonds is 3. The maximum atomic E-state index is 5.95. The molecular formula is C16H18BrNOS. The summed E-state index contributed by atoms with van der Waals surface area (Å²) in [5.74, 6) is 1.03. The summed E-state index contributed by atoms with van der Waals surface area (Å²) in [6.07, 6.45) is 0.973. The van der Waals surface area contributed by atoms with E-state index in [0.29, 0.717) is 0 Å². The van der Waals surface area contributed by atoms with Gasteiger partial charge in [-0.2, -0.15) is 0 Å². The molecule has 0 saturated carbocycles. The van der Waals surface area contributed by atoms with Crippen molar-refractivity contribution in [1.29, 1.82) is 0 Å². The van der Waals surface area contributed by atoms with Gasteiger partial charge in [-0.25, -0.2) is 0 Å². The van der Waals surface area contributed by atoms with Crippen LogP contribution in [-0.4, -0.2) is 12.6 Å². The number of fused-ring (bicyclic) bond motifs is 1. The molecule has 1 aromatic heterocycles. The second-order valence-corrected chi connectivity index (χ2v) is 8.26. The number of thiophene rings is 1. The van der Waals surface area contributed by atoms with Crippen LogP contribution >= 0.6 is 27.3 Å². The Kier molecular flexibility index (Phi) is 3.65. The van der Waals surface area contributed by atoms with E-state index < -0.39 is 0 Å². The molecule has 1 aromatic carbocycles. The van der Waals surface area contributed by atoms with Gasteiger partial charge in [0.25, 0.3) is 0 Å². The Balaban J connectivity index is 1.95. The Labute approximate surface area is 132 Å². The standard InChI is InChI=1S/C16H18BrNOS/c1-16(2)9-11-8-10(4-5-12(11)19-16)15(18-3)13-6-7-14(17)20-13/h4-8,15,18H,9H2,1-3H3. The summed E-state index contributed by atoms with van der Waals surface area (Å²) in [7, 11) is 2.01. The first-order valence-electron chi connectivity index (χ1n) is 6.73. The van der Waals surface area contributed by atoms with Crippen molar-refractivity contribution in [1.82, 2.24) is 5.32 Å². The van der Waals surface area contributed by atoms with Crippen molar-refractivity contribution in [3.63, 3.8) is 0 Å². The highest BCUT2D eigenvalue weighted by Gasteiger charge is 2.30. The predicted octanol–water partition coefficient (Wildman–Crippen LogP) is 4.53. The van der Waals surface area contributed by atoms with Crippen molar-refractivity contribution >= 4 is 27.3 Å². The van der Waals surface area contributed by atoms with Gasteiger partial charge < -0.3 is 10.1 Å². The van der Waals surface area contributed by atoms with E-state index in [1.165, 1.54) is 19.8 Å². The Morgan fingerprint density at radius 2 is 2.10 bits per heavy atom. The van der Waals surface area contributed by atoms with Crippen molar-refractivity contribution in [2.75, 3.05) is 7.05 Å². The minimum absolute atomic E-state index is 0.0813. The SMILES string of the molecule is CNC(c1ccc2c(c1)CC(C)(C)O2)c1ccc(Br)s1. The van der Waals surface area contributed by atoms with Gasteiger partial charge in [0.15, 0.2) is 0 Å². The van der Waals surface area contributed by atoms with Crippen molar-refractivity contribution in [3.05, 3.63) is 50.1 Å². The van der Waals surface area contributed by atoms with Crippen molar-refractivity contribution in [3.8, 4) is 5.75 Å². The van der Waals surface area contributed by atoms with Gasteiger partial charge in [-0.05, 0) is 66.2 Å². The molecule has 3 rings (SSSR count). The monoisotopic (exact) mass is 351 g/mol. The average molecular weight is 352 g/mol. The van der Waals surface area contributed by atoms with E-state index in [9.17, 15) is 0 Å². The summed E-state index contributed by atoms with van der Waals surface area (Å²) in [6, 6.07) is 11.0. The molecule has 2 heterocycles. The number of ether oxygens (including phenoxy) is 1. The van der Waals surface area contributed by atoms with Gasteiger partial charge in [0.05, 0.1) is 9.83 Å². The Morgan fingerprint density at radius 1 is 1.30 bits per heavy atom. The summed E-state index contributed by atoms with van der Waals surface area (Å²) < 4.78 is 7.11. The minimum Gasteiger partial charge on any atom is -0.487 e. The zero-order valence-corrected chi connectivity index (χ0v) is 14.3. The van der Waals surface area contributed by atoms with Crippen molar-refractivity contribution < 1.29 is 4.74 Å². The first kappa shape index (κ1) is 14.1. The molecule has 2 nitrogen and oxygen atoms in total. The van der Waals surface area contributed by atoms with E-state index in [2.05, 4.69) is 65.4 Å². The lowest BCUT2D eigenvalue weighted by Gasteiger charge is -2.16. The second kappa shape index (κ2) is 5.17. The molecule has 2 aromatic rings. The van der Waals surface area contributed by atoms with Crippen LogP contribution in [0.5, 0.6) is 5.75 Å². The molecule has 0 amide bonds. The van der Waals surface area contributed by atoms with Crippen LogP contribution in [0.1, 0.15) is 35.9 Å². The topological polar surface area (TPSA) is 21.3 Å². The fourth-order valence-electron chi connectivity index (χ4n) is 2.77. The molecule has 1 N–H and O–H groups in total. The minimum atomic E-state index is -0.0813. The van der Waals surface area contributed by atoms with Crippen molar-refractivity contribution in [2.24, 2.45) is 0 Å². The molecule has 20 heavy (non-hydrogen) atoms. The van der Waals surface area contributed by atoms with E-state index in [0.717, 1.165) is 12.2 Å². The molecule has 1 aliphatic rings. The highest BCUT2D eigenvalue weighted by Crippen LogP contribution is 2.38. The smallest absolute Gasteiger partial charge is 0.123 e. The summed E-state index contributed by atoms with van der Waals surface area (Å²) in [5.41, 5.74) is 2.52. The molecule has 0 bridgehead atoms. The van der Waals surface area contributed by atoms with Crippen LogP contribution < -0.4 is 10.1 Å². The van der Waals surface area contributed by atoms with Gasteiger partial charge in [-0.15, -0.1) is 11.3 Å². The lowest BCUT2D eigenvalue weighted by Crippen LogP contribution is -2.24. The molecular weight excluding hydrogens is 334 g/mol. The first-order chi connectivity index (χ1) is 9.48. The molecule has 0 radical (unpaired) electrons. The van der Waals surface area contributed by atoms with Gasteiger partial charge in [0.1, 0.15) is 11.4 Å². The van der Waals surface area contributed by atoms with E-state index in [-0.39, 0.29) is 11.6 Å². The predicted molar refractivity (Wildman–Crippen MR) is 87.8 cm³/mol. The Morgan fingerprint density at radius 3 is 2.75 bits per heavy atom. The van der Waals surface area contributed by atoms with Gasteiger partial charge >= 0.3 is 0 Å². The first-order valence-corrected chi connectivity index (χ1v) is 8.34. The second-order valence-electron chi connectivity index (χ2n) is 5.77. The van der Waals surface area contributed by atoms with Crippen LogP contribution in [0.2, 0.25) is 0 Å². The zero-order chi connectivity index (χ0) is 14.3. The van der Waals surface area contributed by atoms with Gasteiger partial charge in [0.2, 0.25) is 0 Å². The van der Waals surface area contributed by atoms with Crippen LogP contribution in [0.4, 0.5) is 0 Å². The maximum Gasteiger partial charge on any atom is 0.123 e. The molecule has 1 atom stereocenters. The average Bonchev–Trinajstić information content (AvgIpc) is 2.91. The van der Waals surface area contributed by atoms with E-state index in [1.807, 2.05) is 7.05 Å². The number of benzene rings is 1.